The highest BCUT2D eigenvalue weighted by Gasteiger charge is 2.17. The molecule has 0 saturated carbocycles. The number of aryl methyl sites for hydroxylation is 1. The molecule has 17 heavy (non-hydrogen) atoms. The number of carboxylic acid groups (broad SMARTS) is 1. The highest BCUT2D eigenvalue weighted by molar-refractivity contribution is 5.88. The van der Waals surface area contributed by atoms with Gasteiger partial charge in [0.2, 0.25) is 5.95 Å². The molecule has 0 unspecified atom stereocenters. The lowest BCUT2D eigenvalue weighted by atomic mass is 10.1. The second kappa shape index (κ2) is 4.00. The minimum atomic E-state index is -1.05. The monoisotopic (exact) mass is 235 g/mol. The van der Waals surface area contributed by atoms with Crippen LogP contribution in [0.2, 0.25) is 0 Å². The molecule has 90 valence electrons. The SMILES string of the molecule is CCNc1nnc2c(C)c(C)c(C(=O)O)nn12. The zero-order valence-electron chi connectivity index (χ0n) is 9.85. The summed E-state index contributed by atoms with van der Waals surface area (Å²) in [5.74, 6) is -0.600. The molecule has 0 aliphatic heterocycles. The minimum absolute atomic E-state index is 0.0222. The van der Waals surface area contributed by atoms with Crippen LogP contribution in [-0.2, 0) is 0 Å². The first-order valence-electron chi connectivity index (χ1n) is 5.26. The van der Waals surface area contributed by atoms with E-state index < -0.39 is 5.97 Å². The van der Waals surface area contributed by atoms with Crippen molar-refractivity contribution in [1.29, 1.82) is 0 Å². The number of nitrogens with one attached hydrogen (secondary N) is 1. The second-order valence-corrected chi connectivity index (χ2v) is 3.69. The Morgan fingerprint density at radius 1 is 1.35 bits per heavy atom. The summed E-state index contributed by atoms with van der Waals surface area (Å²) in [6, 6.07) is 0. The number of fused-ring (bicyclic) bond motifs is 1. The van der Waals surface area contributed by atoms with E-state index >= 15 is 0 Å². The Bertz CT molecular complexity index is 590. The van der Waals surface area contributed by atoms with Gasteiger partial charge in [-0.15, -0.1) is 10.2 Å². The fourth-order valence-electron chi connectivity index (χ4n) is 1.60. The summed E-state index contributed by atoms with van der Waals surface area (Å²) in [6.07, 6.45) is 0. The summed E-state index contributed by atoms with van der Waals surface area (Å²) < 4.78 is 1.43. The zero-order valence-corrected chi connectivity index (χ0v) is 9.85. The molecule has 0 aromatic carbocycles. The fraction of sp³-hybridized carbons (Fsp3) is 0.400. The van der Waals surface area contributed by atoms with E-state index in [1.807, 2.05) is 13.8 Å². The van der Waals surface area contributed by atoms with Crippen LogP contribution in [-0.4, -0.2) is 37.4 Å². The van der Waals surface area contributed by atoms with E-state index in [0.717, 1.165) is 5.56 Å². The summed E-state index contributed by atoms with van der Waals surface area (Å²) in [5.41, 5.74) is 1.98. The number of rotatable bonds is 3. The molecular weight excluding hydrogens is 222 g/mol. The number of hydrogen-bond acceptors (Lipinski definition) is 5. The van der Waals surface area contributed by atoms with Crippen molar-refractivity contribution in [3.63, 3.8) is 0 Å². The van der Waals surface area contributed by atoms with Crippen LogP contribution >= 0.6 is 0 Å². The summed E-state index contributed by atoms with van der Waals surface area (Å²) in [5, 5.41) is 24.0. The third-order valence-corrected chi connectivity index (χ3v) is 2.63. The van der Waals surface area contributed by atoms with Crippen LogP contribution in [0, 0.1) is 13.8 Å². The Kier molecular flexibility index (Phi) is 2.66. The Balaban J connectivity index is 2.75. The molecule has 7 nitrogen and oxygen atoms in total. The highest BCUT2D eigenvalue weighted by Crippen LogP contribution is 2.17. The average molecular weight is 235 g/mol. The lowest BCUT2D eigenvalue weighted by molar-refractivity contribution is 0.0688. The van der Waals surface area contributed by atoms with Gasteiger partial charge in [0, 0.05) is 12.1 Å². The molecular formula is C10H13N5O2. The first kappa shape index (κ1) is 11.3. The lowest BCUT2D eigenvalue weighted by Gasteiger charge is -2.06. The zero-order chi connectivity index (χ0) is 12.6. The van der Waals surface area contributed by atoms with Gasteiger partial charge in [-0.3, -0.25) is 0 Å². The standard InChI is InChI=1S/C10H13N5O2/c1-4-11-10-13-12-8-6(3)5(2)7(9(16)17)14-15(8)10/h4H2,1-3H3,(H,11,13)(H,16,17). The minimum Gasteiger partial charge on any atom is -0.476 e. The van der Waals surface area contributed by atoms with Gasteiger partial charge in [-0.05, 0) is 26.3 Å². The molecule has 2 rings (SSSR count). The molecule has 2 aromatic heterocycles. The number of nitrogens with zero attached hydrogens (tertiary/aromatic N) is 4. The molecule has 0 amide bonds. The molecule has 2 aromatic rings. The van der Waals surface area contributed by atoms with E-state index in [4.69, 9.17) is 5.11 Å². The maximum absolute atomic E-state index is 11.1. The van der Waals surface area contributed by atoms with E-state index in [0.29, 0.717) is 23.7 Å². The molecule has 0 aliphatic rings. The van der Waals surface area contributed by atoms with Gasteiger partial charge in [-0.1, -0.05) is 0 Å². The maximum atomic E-state index is 11.1. The highest BCUT2D eigenvalue weighted by atomic mass is 16.4. The van der Waals surface area contributed by atoms with Crippen LogP contribution in [0.5, 0.6) is 0 Å². The molecule has 0 spiro atoms. The van der Waals surface area contributed by atoms with Crippen molar-refractivity contribution >= 4 is 17.6 Å². The maximum Gasteiger partial charge on any atom is 0.356 e. The van der Waals surface area contributed by atoms with Crippen molar-refractivity contribution < 1.29 is 9.90 Å². The number of aromatic carboxylic acids is 1. The van der Waals surface area contributed by atoms with E-state index in [2.05, 4.69) is 20.6 Å². The van der Waals surface area contributed by atoms with Gasteiger partial charge in [0.05, 0.1) is 0 Å². The fourth-order valence-corrected chi connectivity index (χ4v) is 1.60. The summed E-state index contributed by atoms with van der Waals surface area (Å²) in [6.45, 7) is 6.11. The van der Waals surface area contributed by atoms with Crippen molar-refractivity contribution in [2.24, 2.45) is 0 Å². The van der Waals surface area contributed by atoms with Crippen LogP contribution in [0.1, 0.15) is 28.5 Å². The molecule has 0 radical (unpaired) electrons. The van der Waals surface area contributed by atoms with Crippen LogP contribution in [0.15, 0.2) is 0 Å². The Morgan fingerprint density at radius 3 is 2.65 bits per heavy atom. The molecule has 2 heterocycles. The number of aromatic nitrogens is 4. The predicted molar refractivity (Wildman–Crippen MR) is 61.4 cm³/mol. The molecule has 0 aliphatic carbocycles. The normalized spacial score (nSPS) is 10.8. The molecule has 0 bridgehead atoms. The van der Waals surface area contributed by atoms with Gasteiger partial charge in [0.15, 0.2) is 11.3 Å². The third kappa shape index (κ3) is 1.69. The quantitative estimate of drug-likeness (QED) is 0.820. The Labute approximate surface area is 97.5 Å². The van der Waals surface area contributed by atoms with Crippen LogP contribution in [0.25, 0.3) is 5.65 Å². The van der Waals surface area contributed by atoms with Crippen LogP contribution < -0.4 is 5.32 Å². The third-order valence-electron chi connectivity index (χ3n) is 2.63. The van der Waals surface area contributed by atoms with Gasteiger partial charge in [-0.2, -0.15) is 9.61 Å². The van der Waals surface area contributed by atoms with E-state index in [1.54, 1.807) is 6.92 Å². The number of hydrogen-bond donors (Lipinski definition) is 2. The average Bonchev–Trinajstić information content (AvgIpc) is 2.67. The van der Waals surface area contributed by atoms with Crippen molar-refractivity contribution in [2.45, 2.75) is 20.8 Å². The summed E-state index contributed by atoms with van der Waals surface area (Å²) in [7, 11) is 0. The van der Waals surface area contributed by atoms with Crippen LogP contribution in [0.4, 0.5) is 5.95 Å². The Morgan fingerprint density at radius 2 is 2.06 bits per heavy atom. The van der Waals surface area contributed by atoms with Crippen molar-refractivity contribution in [3.8, 4) is 0 Å². The van der Waals surface area contributed by atoms with Gasteiger partial charge < -0.3 is 10.4 Å². The molecule has 7 heteroatoms. The van der Waals surface area contributed by atoms with Crippen molar-refractivity contribution in [1.82, 2.24) is 19.8 Å². The molecule has 0 saturated heterocycles. The lowest BCUT2D eigenvalue weighted by Crippen LogP contribution is -2.12. The predicted octanol–water partition coefficient (Wildman–Crippen LogP) is 0.871. The first-order valence-corrected chi connectivity index (χ1v) is 5.26. The van der Waals surface area contributed by atoms with E-state index in [-0.39, 0.29) is 5.69 Å². The molecule has 2 N–H and O–H groups in total. The van der Waals surface area contributed by atoms with E-state index in [9.17, 15) is 4.79 Å². The number of carboxylic acids is 1. The van der Waals surface area contributed by atoms with Crippen LogP contribution in [0.3, 0.4) is 0 Å². The smallest absolute Gasteiger partial charge is 0.356 e. The number of carbonyl (C=O) groups is 1. The van der Waals surface area contributed by atoms with Crippen molar-refractivity contribution in [2.75, 3.05) is 11.9 Å². The van der Waals surface area contributed by atoms with Gasteiger partial charge >= 0.3 is 5.97 Å². The second-order valence-electron chi connectivity index (χ2n) is 3.69. The summed E-state index contributed by atoms with van der Waals surface area (Å²) in [4.78, 5) is 11.1. The largest absolute Gasteiger partial charge is 0.476 e. The van der Waals surface area contributed by atoms with Gasteiger partial charge in [0.25, 0.3) is 0 Å². The first-order chi connectivity index (χ1) is 8.06. The van der Waals surface area contributed by atoms with E-state index in [1.165, 1.54) is 4.52 Å². The topological polar surface area (TPSA) is 92.4 Å². The number of anilines is 1. The Hall–Kier alpha value is -2.18. The molecule has 0 fully saturated rings. The van der Waals surface area contributed by atoms with Crippen molar-refractivity contribution in [3.05, 3.63) is 16.8 Å². The van der Waals surface area contributed by atoms with Gasteiger partial charge in [0.1, 0.15) is 0 Å². The van der Waals surface area contributed by atoms with Gasteiger partial charge in [-0.25, -0.2) is 4.79 Å². The summed E-state index contributed by atoms with van der Waals surface area (Å²) >= 11 is 0. The molecule has 0 atom stereocenters.